The fraction of sp³-hybridized carbons (Fsp3) is 0.727. The summed E-state index contributed by atoms with van der Waals surface area (Å²) < 4.78 is 3.08. The molecule has 0 amide bonds. The second-order valence-corrected chi connectivity index (χ2v) is 5.22. The molecule has 4 heteroatoms. The van der Waals surface area contributed by atoms with E-state index < -0.39 is 0 Å². The lowest BCUT2D eigenvalue weighted by atomic mass is 9.93. The first-order chi connectivity index (χ1) is 7.16. The van der Waals surface area contributed by atoms with Crippen LogP contribution in [0.1, 0.15) is 44.8 Å². The van der Waals surface area contributed by atoms with Gasteiger partial charge in [-0.15, -0.1) is 0 Å². The molecule has 0 atom stereocenters. The SMILES string of the molecule is CC(C)n1cc(CNC2CCC2)nc1Br. The Bertz CT molecular complexity index is 329. The van der Waals surface area contributed by atoms with E-state index in [9.17, 15) is 0 Å². The number of aromatic nitrogens is 2. The van der Waals surface area contributed by atoms with Gasteiger partial charge >= 0.3 is 0 Å². The number of rotatable bonds is 4. The van der Waals surface area contributed by atoms with Crippen molar-refractivity contribution in [3.8, 4) is 0 Å². The Balaban J connectivity index is 1.93. The van der Waals surface area contributed by atoms with E-state index >= 15 is 0 Å². The molecule has 0 aromatic carbocycles. The fourth-order valence-corrected chi connectivity index (χ4v) is 2.47. The first-order valence-electron chi connectivity index (χ1n) is 5.63. The number of halogens is 1. The molecule has 0 unspecified atom stereocenters. The van der Waals surface area contributed by atoms with Gasteiger partial charge in [0.1, 0.15) is 0 Å². The standard InChI is InChI=1S/C11H18BrN3/c1-8(2)15-7-10(14-11(15)12)6-13-9-4-3-5-9/h7-9,13H,3-6H2,1-2H3. The van der Waals surface area contributed by atoms with Gasteiger partial charge in [0.25, 0.3) is 0 Å². The summed E-state index contributed by atoms with van der Waals surface area (Å²) in [5.74, 6) is 0. The Kier molecular flexibility index (Phi) is 3.46. The molecule has 0 aliphatic heterocycles. The lowest BCUT2D eigenvalue weighted by Crippen LogP contribution is -2.34. The van der Waals surface area contributed by atoms with Crippen LogP contribution in [0.15, 0.2) is 10.9 Å². The lowest BCUT2D eigenvalue weighted by Gasteiger charge is -2.26. The number of imidazole rings is 1. The Morgan fingerprint density at radius 1 is 1.60 bits per heavy atom. The van der Waals surface area contributed by atoms with Crippen molar-refractivity contribution >= 4 is 15.9 Å². The Hall–Kier alpha value is -0.350. The van der Waals surface area contributed by atoms with E-state index in [0.717, 1.165) is 23.0 Å². The van der Waals surface area contributed by atoms with Crippen molar-refractivity contribution in [3.05, 3.63) is 16.6 Å². The lowest BCUT2D eigenvalue weighted by molar-refractivity contribution is 0.337. The average molecular weight is 272 g/mol. The van der Waals surface area contributed by atoms with Crippen molar-refractivity contribution in [3.63, 3.8) is 0 Å². The average Bonchev–Trinajstić information content (AvgIpc) is 2.44. The predicted molar refractivity (Wildman–Crippen MR) is 64.8 cm³/mol. The first-order valence-corrected chi connectivity index (χ1v) is 6.42. The van der Waals surface area contributed by atoms with E-state index in [1.54, 1.807) is 0 Å². The first kappa shape index (κ1) is 11.1. The summed E-state index contributed by atoms with van der Waals surface area (Å²) in [5.41, 5.74) is 1.13. The van der Waals surface area contributed by atoms with Crippen LogP contribution in [0.2, 0.25) is 0 Å². The molecule has 2 rings (SSSR count). The van der Waals surface area contributed by atoms with Crippen LogP contribution in [0.4, 0.5) is 0 Å². The minimum Gasteiger partial charge on any atom is -0.323 e. The summed E-state index contributed by atoms with van der Waals surface area (Å²) in [6.07, 6.45) is 6.15. The smallest absolute Gasteiger partial charge is 0.177 e. The third-order valence-electron chi connectivity index (χ3n) is 2.97. The van der Waals surface area contributed by atoms with Gasteiger partial charge < -0.3 is 9.88 Å². The van der Waals surface area contributed by atoms with Crippen molar-refractivity contribution in [1.82, 2.24) is 14.9 Å². The molecule has 0 radical (unpaired) electrons. The maximum Gasteiger partial charge on any atom is 0.177 e. The highest BCUT2D eigenvalue weighted by Crippen LogP contribution is 2.20. The van der Waals surface area contributed by atoms with Gasteiger partial charge in [-0.1, -0.05) is 6.42 Å². The minimum atomic E-state index is 0.462. The highest BCUT2D eigenvalue weighted by atomic mass is 79.9. The number of nitrogens with one attached hydrogen (secondary N) is 1. The van der Waals surface area contributed by atoms with E-state index in [1.165, 1.54) is 19.3 Å². The van der Waals surface area contributed by atoms with Crippen LogP contribution < -0.4 is 5.32 Å². The molecule has 0 saturated heterocycles. The number of hydrogen-bond donors (Lipinski definition) is 1. The van der Waals surface area contributed by atoms with Gasteiger partial charge in [-0.05, 0) is 42.6 Å². The zero-order valence-corrected chi connectivity index (χ0v) is 10.9. The van der Waals surface area contributed by atoms with E-state index in [1.807, 2.05) is 0 Å². The van der Waals surface area contributed by atoms with Gasteiger partial charge in [-0.25, -0.2) is 4.98 Å². The molecule has 1 aliphatic rings. The summed E-state index contributed by atoms with van der Waals surface area (Å²) in [7, 11) is 0. The summed E-state index contributed by atoms with van der Waals surface area (Å²) >= 11 is 3.48. The summed E-state index contributed by atoms with van der Waals surface area (Å²) in [6, 6.07) is 1.19. The van der Waals surface area contributed by atoms with Crippen LogP contribution in [-0.2, 0) is 6.54 Å². The zero-order valence-electron chi connectivity index (χ0n) is 9.33. The van der Waals surface area contributed by atoms with Crippen LogP contribution in [0.25, 0.3) is 0 Å². The minimum absolute atomic E-state index is 0.462. The number of nitrogens with zero attached hydrogens (tertiary/aromatic N) is 2. The quantitative estimate of drug-likeness (QED) is 0.913. The molecule has 0 bridgehead atoms. The van der Waals surface area contributed by atoms with Gasteiger partial charge in [0, 0.05) is 24.8 Å². The Morgan fingerprint density at radius 2 is 2.33 bits per heavy atom. The summed E-state index contributed by atoms with van der Waals surface area (Å²) in [5, 5.41) is 3.52. The highest BCUT2D eigenvalue weighted by molar-refractivity contribution is 9.10. The molecule has 1 fully saturated rings. The normalized spacial score (nSPS) is 17.1. The molecule has 1 aliphatic carbocycles. The molecule has 15 heavy (non-hydrogen) atoms. The second-order valence-electron chi connectivity index (χ2n) is 4.51. The summed E-state index contributed by atoms with van der Waals surface area (Å²) in [6.45, 7) is 5.22. The molecule has 1 N–H and O–H groups in total. The van der Waals surface area contributed by atoms with Crippen LogP contribution in [0, 0.1) is 0 Å². The van der Waals surface area contributed by atoms with E-state index in [2.05, 4.69) is 50.8 Å². The van der Waals surface area contributed by atoms with Crippen molar-refractivity contribution in [2.45, 2.75) is 51.7 Å². The van der Waals surface area contributed by atoms with E-state index in [0.29, 0.717) is 6.04 Å². The molecular formula is C11H18BrN3. The highest BCUT2D eigenvalue weighted by Gasteiger charge is 2.17. The summed E-state index contributed by atoms with van der Waals surface area (Å²) in [4.78, 5) is 4.48. The largest absolute Gasteiger partial charge is 0.323 e. The van der Waals surface area contributed by atoms with Crippen molar-refractivity contribution in [2.24, 2.45) is 0 Å². The Morgan fingerprint density at radius 3 is 2.80 bits per heavy atom. The van der Waals surface area contributed by atoms with Gasteiger partial charge in [-0.3, -0.25) is 0 Å². The Labute approximate surface area is 99.4 Å². The fourth-order valence-electron chi connectivity index (χ4n) is 1.73. The molecule has 1 saturated carbocycles. The van der Waals surface area contributed by atoms with Crippen LogP contribution in [0.3, 0.4) is 0 Å². The third-order valence-corrected chi connectivity index (χ3v) is 3.56. The van der Waals surface area contributed by atoms with Crippen molar-refractivity contribution in [2.75, 3.05) is 0 Å². The maximum absolute atomic E-state index is 4.48. The van der Waals surface area contributed by atoms with Gasteiger partial charge in [0.05, 0.1) is 5.69 Å². The molecule has 1 heterocycles. The predicted octanol–water partition coefficient (Wildman–Crippen LogP) is 2.87. The van der Waals surface area contributed by atoms with E-state index in [4.69, 9.17) is 0 Å². The number of hydrogen-bond acceptors (Lipinski definition) is 2. The maximum atomic E-state index is 4.48. The van der Waals surface area contributed by atoms with Gasteiger partial charge in [-0.2, -0.15) is 0 Å². The van der Waals surface area contributed by atoms with Crippen LogP contribution >= 0.6 is 15.9 Å². The van der Waals surface area contributed by atoms with Crippen molar-refractivity contribution < 1.29 is 0 Å². The monoisotopic (exact) mass is 271 g/mol. The molecule has 1 aromatic rings. The van der Waals surface area contributed by atoms with Gasteiger partial charge in [0.2, 0.25) is 0 Å². The molecular weight excluding hydrogens is 254 g/mol. The molecule has 0 spiro atoms. The topological polar surface area (TPSA) is 29.9 Å². The van der Waals surface area contributed by atoms with Crippen LogP contribution in [0.5, 0.6) is 0 Å². The molecule has 3 nitrogen and oxygen atoms in total. The molecule has 1 aromatic heterocycles. The molecule has 84 valence electrons. The van der Waals surface area contributed by atoms with Gasteiger partial charge in [0.15, 0.2) is 4.73 Å². The second kappa shape index (κ2) is 4.66. The zero-order chi connectivity index (χ0) is 10.8. The van der Waals surface area contributed by atoms with E-state index in [-0.39, 0.29) is 0 Å². The van der Waals surface area contributed by atoms with Crippen molar-refractivity contribution in [1.29, 1.82) is 0 Å². The van der Waals surface area contributed by atoms with Crippen LogP contribution in [-0.4, -0.2) is 15.6 Å². The third kappa shape index (κ3) is 2.61.